The molecule has 0 radical (unpaired) electrons. The molecule has 2 aliphatic heterocycles. The molecule has 0 amide bonds. The van der Waals surface area contributed by atoms with E-state index in [0.717, 1.165) is 24.9 Å². The number of piperidine rings is 1. The van der Waals surface area contributed by atoms with Gasteiger partial charge in [-0.3, -0.25) is 0 Å². The summed E-state index contributed by atoms with van der Waals surface area (Å²) in [5, 5.41) is 0. The van der Waals surface area contributed by atoms with E-state index in [2.05, 4.69) is 14.7 Å². The number of nitrogens with one attached hydrogen (secondary N) is 1. The quantitative estimate of drug-likeness (QED) is 0.864. The highest BCUT2D eigenvalue weighted by atomic mass is 32.2. The lowest BCUT2D eigenvalue weighted by atomic mass is 10.0. The Hall–Kier alpha value is -2.19. The first-order valence-electron chi connectivity index (χ1n) is 9.19. The Kier molecular flexibility index (Phi) is 4.55. The molecule has 1 saturated heterocycles. The summed E-state index contributed by atoms with van der Waals surface area (Å²) in [5.41, 5.74) is 0.547. The highest BCUT2D eigenvalue weighted by Crippen LogP contribution is 2.39. The van der Waals surface area contributed by atoms with E-state index in [1.807, 2.05) is 24.8 Å². The molecule has 8 heteroatoms. The lowest BCUT2D eigenvalue weighted by molar-refractivity contribution is 0.135. The zero-order valence-corrected chi connectivity index (χ0v) is 16.4. The van der Waals surface area contributed by atoms with Crippen LogP contribution in [0, 0.1) is 0 Å². The Bertz CT molecular complexity index is 931. The molecule has 1 unspecified atom stereocenters. The smallest absolute Gasteiger partial charge is 0.244 e. The van der Waals surface area contributed by atoms with E-state index in [9.17, 15) is 8.42 Å². The van der Waals surface area contributed by atoms with Gasteiger partial charge in [0.05, 0.1) is 0 Å². The van der Waals surface area contributed by atoms with Crippen molar-refractivity contribution in [3.63, 3.8) is 0 Å². The molecule has 1 atom stereocenters. The van der Waals surface area contributed by atoms with Crippen molar-refractivity contribution in [2.75, 3.05) is 18.0 Å². The van der Waals surface area contributed by atoms with Crippen molar-refractivity contribution in [2.24, 2.45) is 0 Å². The van der Waals surface area contributed by atoms with E-state index in [-0.39, 0.29) is 16.5 Å². The second kappa shape index (κ2) is 6.76. The van der Waals surface area contributed by atoms with Crippen LogP contribution < -0.4 is 14.4 Å². The van der Waals surface area contributed by atoms with Gasteiger partial charge in [-0.15, -0.1) is 0 Å². The van der Waals surface area contributed by atoms with Crippen LogP contribution in [0.25, 0.3) is 0 Å². The molecule has 1 N–H and O–H groups in total. The van der Waals surface area contributed by atoms with Crippen LogP contribution >= 0.6 is 0 Å². The first-order chi connectivity index (χ1) is 12.8. The lowest BCUT2D eigenvalue weighted by Gasteiger charge is -2.33. The third-order valence-corrected chi connectivity index (χ3v) is 6.47. The fraction of sp³-hybridized carbons (Fsp3) is 0.474. The summed E-state index contributed by atoms with van der Waals surface area (Å²) >= 11 is 0. The van der Waals surface area contributed by atoms with Crippen LogP contribution in [0.3, 0.4) is 0 Å². The number of fused-ring (bicyclic) bond motifs is 1. The SMILES string of the molecule is CC1(C)Cc2cccc(S(=O)(=O)NC3CCCN(c4ncccn4)C3)c2O1. The molecule has 1 aromatic carbocycles. The average molecular weight is 388 g/mol. The lowest BCUT2D eigenvalue weighted by Crippen LogP contribution is -2.48. The van der Waals surface area contributed by atoms with Crippen molar-refractivity contribution < 1.29 is 13.2 Å². The second-order valence-electron chi connectivity index (χ2n) is 7.74. The molecule has 4 rings (SSSR count). The zero-order valence-electron chi connectivity index (χ0n) is 15.6. The van der Waals surface area contributed by atoms with Crippen molar-refractivity contribution in [3.05, 3.63) is 42.2 Å². The van der Waals surface area contributed by atoms with Crippen molar-refractivity contribution in [2.45, 2.75) is 49.6 Å². The fourth-order valence-electron chi connectivity index (χ4n) is 3.79. The molecular formula is C19H24N4O3S. The number of ether oxygens (including phenoxy) is 1. The average Bonchev–Trinajstić information content (AvgIpc) is 2.96. The molecule has 3 heterocycles. The Morgan fingerprint density at radius 2 is 2.00 bits per heavy atom. The molecule has 7 nitrogen and oxygen atoms in total. The monoisotopic (exact) mass is 388 g/mol. The number of para-hydroxylation sites is 1. The zero-order chi connectivity index (χ0) is 19.1. The Morgan fingerprint density at radius 3 is 2.78 bits per heavy atom. The van der Waals surface area contributed by atoms with Crippen molar-refractivity contribution in [1.29, 1.82) is 0 Å². The summed E-state index contributed by atoms with van der Waals surface area (Å²) in [6, 6.07) is 6.90. The Balaban J connectivity index is 1.54. The molecule has 0 bridgehead atoms. The highest BCUT2D eigenvalue weighted by molar-refractivity contribution is 7.89. The molecule has 1 fully saturated rings. The minimum atomic E-state index is -3.68. The summed E-state index contributed by atoms with van der Waals surface area (Å²) in [6.07, 6.45) is 5.75. The van der Waals surface area contributed by atoms with E-state index in [1.165, 1.54) is 0 Å². The topological polar surface area (TPSA) is 84.4 Å². The van der Waals surface area contributed by atoms with Crippen LogP contribution in [0.15, 0.2) is 41.6 Å². The fourth-order valence-corrected chi connectivity index (χ4v) is 5.22. The molecule has 0 spiro atoms. The van der Waals surface area contributed by atoms with E-state index in [1.54, 1.807) is 30.6 Å². The molecule has 0 aliphatic carbocycles. The highest BCUT2D eigenvalue weighted by Gasteiger charge is 2.36. The maximum atomic E-state index is 13.1. The van der Waals surface area contributed by atoms with E-state index in [4.69, 9.17) is 4.74 Å². The minimum Gasteiger partial charge on any atom is -0.486 e. The normalized spacial score (nSPS) is 21.6. The van der Waals surface area contributed by atoms with Gasteiger partial charge in [0.15, 0.2) is 0 Å². The summed E-state index contributed by atoms with van der Waals surface area (Å²) in [6.45, 7) is 5.30. The standard InChI is InChI=1S/C19H24N4O3S/c1-19(2)12-14-6-3-8-16(17(14)26-19)27(24,25)22-15-7-4-11-23(13-15)18-20-9-5-10-21-18/h3,5-6,8-10,15,22H,4,7,11-13H2,1-2H3. The summed E-state index contributed by atoms with van der Waals surface area (Å²) < 4.78 is 35.0. The Labute approximate surface area is 159 Å². The third kappa shape index (κ3) is 3.77. The van der Waals surface area contributed by atoms with Gasteiger partial charge in [-0.25, -0.2) is 23.1 Å². The predicted molar refractivity (Wildman–Crippen MR) is 102 cm³/mol. The number of hydrogen-bond donors (Lipinski definition) is 1. The van der Waals surface area contributed by atoms with Gasteiger partial charge in [-0.05, 0) is 44.4 Å². The van der Waals surface area contributed by atoms with Crippen LogP contribution in [0.2, 0.25) is 0 Å². The number of anilines is 1. The molecular weight excluding hydrogens is 364 g/mol. The van der Waals surface area contributed by atoms with Crippen molar-refractivity contribution in [3.8, 4) is 5.75 Å². The van der Waals surface area contributed by atoms with Crippen LogP contribution in [0.4, 0.5) is 5.95 Å². The van der Waals surface area contributed by atoms with Gasteiger partial charge >= 0.3 is 0 Å². The van der Waals surface area contributed by atoms with Crippen LogP contribution in [0.1, 0.15) is 32.3 Å². The van der Waals surface area contributed by atoms with Crippen molar-refractivity contribution in [1.82, 2.24) is 14.7 Å². The first kappa shape index (κ1) is 18.2. The largest absolute Gasteiger partial charge is 0.486 e. The van der Waals surface area contributed by atoms with Gasteiger partial charge in [0.1, 0.15) is 16.2 Å². The maximum Gasteiger partial charge on any atom is 0.244 e. The molecule has 144 valence electrons. The number of nitrogens with zero attached hydrogens (tertiary/aromatic N) is 3. The van der Waals surface area contributed by atoms with Gasteiger partial charge in [0.25, 0.3) is 0 Å². The number of rotatable bonds is 4. The third-order valence-electron chi connectivity index (χ3n) is 4.92. The molecule has 27 heavy (non-hydrogen) atoms. The van der Waals surface area contributed by atoms with E-state index >= 15 is 0 Å². The molecule has 2 aromatic rings. The van der Waals surface area contributed by atoms with Gasteiger partial charge in [0.2, 0.25) is 16.0 Å². The Morgan fingerprint density at radius 1 is 1.22 bits per heavy atom. The molecule has 0 saturated carbocycles. The van der Waals surface area contributed by atoms with Crippen LogP contribution in [0.5, 0.6) is 5.75 Å². The van der Waals surface area contributed by atoms with E-state index < -0.39 is 10.0 Å². The molecule has 1 aromatic heterocycles. The minimum absolute atomic E-state index is 0.196. The second-order valence-corrected chi connectivity index (χ2v) is 9.42. The van der Waals surface area contributed by atoms with Gasteiger partial charge in [0, 0.05) is 37.9 Å². The van der Waals surface area contributed by atoms with Gasteiger partial charge < -0.3 is 9.64 Å². The van der Waals surface area contributed by atoms with E-state index in [0.29, 0.717) is 24.7 Å². The summed E-state index contributed by atoms with van der Waals surface area (Å²) in [4.78, 5) is 10.8. The first-order valence-corrected chi connectivity index (χ1v) is 10.7. The van der Waals surface area contributed by atoms with Crippen LogP contribution in [-0.2, 0) is 16.4 Å². The number of aromatic nitrogens is 2. The van der Waals surface area contributed by atoms with Crippen LogP contribution in [-0.4, -0.2) is 43.1 Å². The van der Waals surface area contributed by atoms with Gasteiger partial charge in [-0.2, -0.15) is 0 Å². The maximum absolute atomic E-state index is 13.1. The van der Waals surface area contributed by atoms with Gasteiger partial charge in [-0.1, -0.05) is 12.1 Å². The summed E-state index contributed by atoms with van der Waals surface area (Å²) in [5.74, 6) is 1.11. The predicted octanol–water partition coefficient (Wildman–Crippen LogP) is 2.14. The molecule has 2 aliphatic rings. The number of hydrogen-bond acceptors (Lipinski definition) is 6. The number of benzene rings is 1. The number of sulfonamides is 1. The summed E-state index contributed by atoms with van der Waals surface area (Å²) in [7, 11) is -3.68. The van der Waals surface area contributed by atoms with Crippen molar-refractivity contribution >= 4 is 16.0 Å².